The van der Waals surface area contributed by atoms with Gasteiger partial charge in [-0.25, -0.2) is 4.79 Å². The maximum atomic E-state index is 13.7. The van der Waals surface area contributed by atoms with Crippen LogP contribution < -0.4 is 11.1 Å². The van der Waals surface area contributed by atoms with Crippen LogP contribution in [0.15, 0.2) is 0 Å². The van der Waals surface area contributed by atoms with Gasteiger partial charge in [0, 0.05) is 50.2 Å². The number of amides is 4. The summed E-state index contributed by atoms with van der Waals surface area (Å²) >= 11 is 1.51. The number of likely N-dealkylation sites (tertiary alicyclic amines) is 1. The minimum Gasteiger partial charge on any atom is -0.389 e. The molecule has 37 heavy (non-hydrogen) atoms. The molecule has 2 saturated heterocycles. The number of carbonyl (C=O) groups excluding carboxylic acids is 3. The van der Waals surface area contributed by atoms with Gasteiger partial charge in [-0.2, -0.15) is 5.26 Å². The van der Waals surface area contributed by atoms with E-state index in [0.29, 0.717) is 55.6 Å². The zero-order valence-electron chi connectivity index (χ0n) is 22.2. The third kappa shape index (κ3) is 5.92. The summed E-state index contributed by atoms with van der Waals surface area (Å²) in [6.07, 6.45) is 3.80. The van der Waals surface area contributed by atoms with Crippen LogP contribution in [-0.4, -0.2) is 103 Å². The molecule has 0 aromatic carbocycles. The fourth-order valence-corrected chi connectivity index (χ4v) is 7.01. The summed E-state index contributed by atoms with van der Waals surface area (Å²) in [4.78, 5) is 48.1. The number of nitrogens with two attached hydrogens (primary N) is 1. The molecule has 1 aliphatic carbocycles. The first-order valence-electron chi connectivity index (χ1n) is 13.3. The predicted molar refractivity (Wildman–Crippen MR) is 143 cm³/mol. The summed E-state index contributed by atoms with van der Waals surface area (Å²) in [5, 5.41) is 12.9. The van der Waals surface area contributed by atoms with Gasteiger partial charge in [-0.15, -0.1) is 11.3 Å². The van der Waals surface area contributed by atoms with Crippen molar-refractivity contribution in [2.75, 3.05) is 65.6 Å². The summed E-state index contributed by atoms with van der Waals surface area (Å²) in [7, 11) is 4.06. The normalized spacial score (nSPS) is 24.1. The third-order valence-electron chi connectivity index (χ3n) is 8.14. The number of hydrogen-bond donors (Lipinski definition) is 2. The average molecular weight is 530 g/mol. The fourth-order valence-electron chi connectivity index (χ4n) is 5.91. The number of nitriles is 1. The Morgan fingerprint density at radius 1 is 1.19 bits per heavy atom. The van der Waals surface area contributed by atoms with E-state index in [1.807, 2.05) is 21.0 Å². The Kier molecular flexibility index (Phi) is 8.72. The van der Waals surface area contributed by atoms with Crippen LogP contribution in [0.4, 0.5) is 9.80 Å². The Balaban J connectivity index is 1.41. The van der Waals surface area contributed by atoms with Gasteiger partial charge in [-0.05, 0) is 51.3 Å². The van der Waals surface area contributed by atoms with E-state index in [9.17, 15) is 19.6 Å². The molecule has 10 nitrogen and oxygen atoms in total. The Bertz CT molecular complexity index is 1060. The number of rotatable bonds is 6. The predicted octanol–water partition coefficient (Wildman–Crippen LogP) is 1.35. The molecule has 3 N–H and O–H groups in total. The molecule has 202 valence electrons. The average Bonchev–Trinajstić information content (AvgIpc) is 3.20. The zero-order chi connectivity index (χ0) is 26.7. The molecule has 2 fully saturated rings. The van der Waals surface area contributed by atoms with Gasteiger partial charge in [0.05, 0.1) is 18.0 Å². The lowest BCUT2D eigenvalue weighted by molar-refractivity contribution is -0.136. The van der Waals surface area contributed by atoms with Crippen LogP contribution in [0.25, 0.3) is 0 Å². The smallest absolute Gasteiger partial charge is 0.324 e. The number of urea groups is 1. The second-order valence-electron chi connectivity index (χ2n) is 10.6. The molecule has 0 radical (unpaired) electrons. The summed E-state index contributed by atoms with van der Waals surface area (Å²) in [6, 6.07) is 2.06. The van der Waals surface area contributed by atoms with E-state index >= 15 is 0 Å². The van der Waals surface area contributed by atoms with Crippen LogP contribution in [-0.2, 0) is 22.4 Å². The topological polar surface area (TPSA) is 126 Å². The minimum absolute atomic E-state index is 0.104. The maximum Gasteiger partial charge on any atom is 0.324 e. The second-order valence-corrected chi connectivity index (χ2v) is 11.8. The molecule has 4 rings (SSSR count). The lowest BCUT2D eigenvalue weighted by atomic mass is 9.74. The molecule has 2 aliphatic heterocycles. The molecule has 0 spiro atoms. The van der Waals surface area contributed by atoms with Crippen molar-refractivity contribution in [2.24, 2.45) is 11.8 Å². The zero-order valence-corrected chi connectivity index (χ0v) is 23.0. The summed E-state index contributed by atoms with van der Waals surface area (Å²) in [5.74, 6) is -0.396. The van der Waals surface area contributed by atoms with Crippen LogP contribution >= 0.6 is 11.3 Å². The number of carbonyl (C=O) groups is 3. The quantitative estimate of drug-likeness (QED) is 0.570. The van der Waals surface area contributed by atoms with Crippen molar-refractivity contribution in [3.63, 3.8) is 0 Å². The van der Waals surface area contributed by atoms with Gasteiger partial charge in [0.25, 0.3) is 0 Å². The highest BCUT2D eigenvalue weighted by atomic mass is 32.1. The Morgan fingerprint density at radius 2 is 1.92 bits per heavy atom. The first-order chi connectivity index (χ1) is 17.7. The second kappa shape index (κ2) is 11.8. The number of unbranched alkanes of at least 4 members (excludes halogenated alkanes) is 1. The van der Waals surface area contributed by atoms with E-state index in [1.54, 1.807) is 4.90 Å². The number of likely N-dealkylation sites (N-methyl/N-ethyl adjacent to an activating group) is 2. The van der Waals surface area contributed by atoms with E-state index in [0.717, 1.165) is 37.9 Å². The van der Waals surface area contributed by atoms with Gasteiger partial charge >= 0.3 is 6.03 Å². The number of imide groups is 1. The highest BCUT2D eigenvalue weighted by Crippen LogP contribution is 2.43. The Labute approximate surface area is 223 Å². The van der Waals surface area contributed by atoms with E-state index in [4.69, 9.17) is 5.73 Å². The maximum absolute atomic E-state index is 13.7. The summed E-state index contributed by atoms with van der Waals surface area (Å²) in [5.41, 5.74) is 7.73. The number of thiophene rings is 1. The first-order valence-corrected chi connectivity index (χ1v) is 14.1. The van der Waals surface area contributed by atoms with Gasteiger partial charge in [-0.3, -0.25) is 14.5 Å². The van der Waals surface area contributed by atoms with E-state index in [1.165, 1.54) is 21.1 Å². The van der Waals surface area contributed by atoms with Crippen molar-refractivity contribution in [2.45, 2.75) is 45.1 Å². The Hall–Kier alpha value is -2.68. The fraction of sp³-hybridized carbons (Fsp3) is 0.692. The molecule has 3 aliphatic rings. The molecule has 3 atom stereocenters. The molecule has 0 saturated carbocycles. The standard InChI is InChI=1S/C26H39N7O3S/c1-4-5-6-33(26(36)29-15-23(34)32-9-7-30(2)8-10-32)25(35)18-11-17-12-19-20(14-27)24(28)37-22(19)13-21(17)31(3)16-18/h17-18,21H,4-13,15-16,28H2,1-3H3,(H,29,36)/t17-,18-,21-/m1/s1. The van der Waals surface area contributed by atoms with Crippen LogP contribution in [0.2, 0.25) is 0 Å². The number of anilines is 1. The van der Waals surface area contributed by atoms with Gasteiger partial charge in [-0.1, -0.05) is 13.3 Å². The number of nitrogens with one attached hydrogen (secondary N) is 1. The van der Waals surface area contributed by atoms with Crippen molar-refractivity contribution in [3.05, 3.63) is 16.0 Å². The minimum atomic E-state index is -0.492. The molecule has 0 unspecified atom stereocenters. The van der Waals surface area contributed by atoms with Crippen LogP contribution in [0, 0.1) is 23.2 Å². The van der Waals surface area contributed by atoms with Crippen molar-refractivity contribution in [1.29, 1.82) is 5.26 Å². The molecule has 11 heteroatoms. The van der Waals surface area contributed by atoms with Crippen LogP contribution in [0.1, 0.15) is 42.2 Å². The molecule has 3 heterocycles. The van der Waals surface area contributed by atoms with Gasteiger partial charge in [0.2, 0.25) is 11.8 Å². The highest BCUT2D eigenvalue weighted by Gasteiger charge is 2.43. The monoisotopic (exact) mass is 529 g/mol. The lowest BCUT2D eigenvalue weighted by Gasteiger charge is -2.45. The molecular weight excluding hydrogens is 490 g/mol. The third-order valence-corrected chi connectivity index (χ3v) is 9.22. The van der Waals surface area contributed by atoms with Crippen LogP contribution in [0.5, 0.6) is 0 Å². The number of nitrogens with zero attached hydrogens (tertiary/aromatic N) is 5. The van der Waals surface area contributed by atoms with Crippen molar-refractivity contribution in [3.8, 4) is 6.07 Å². The molecule has 0 bridgehead atoms. The largest absolute Gasteiger partial charge is 0.389 e. The van der Waals surface area contributed by atoms with Gasteiger partial charge < -0.3 is 25.8 Å². The number of piperidine rings is 1. The number of nitrogen functional groups attached to an aromatic ring is 1. The van der Waals surface area contributed by atoms with Crippen molar-refractivity contribution < 1.29 is 14.4 Å². The van der Waals surface area contributed by atoms with E-state index < -0.39 is 6.03 Å². The molecular formula is C26H39N7O3S. The lowest BCUT2D eigenvalue weighted by Crippen LogP contribution is -2.56. The van der Waals surface area contributed by atoms with E-state index in [2.05, 4.69) is 21.2 Å². The van der Waals surface area contributed by atoms with E-state index in [-0.39, 0.29) is 30.2 Å². The first kappa shape index (κ1) is 27.4. The van der Waals surface area contributed by atoms with Crippen molar-refractivity contribution >= 4 is 34.2 Å². The highest BCUT2D eigenvalue weighted by molar-refractivity contribution is 7.16. The summed E-state index contributed by atoms with van der Waals surface area (Å²) < 4.78 is 0. The van der Waals surface area contributed by atoms with Crippen LogP contribution in [0.3, 0.4) is 0 Å². The van der Waals surface area contributed by atoms with Gasteiger partial charge in [0.15, 0.2) is 0 Å². The number of hydrogen-bond acceptors (Lipinski definition) is 8. The summed E-state index contributed by atoms with van der Waals surface area (Å²) in [6.45, 7) is 5.75. The SMILES string of the molecule is CCCCN(C(=O)NCC(=O)N1CCN(C)CC1)C(=O)[C@@H]1C[C@@H]2Cc3c(sc(N)c3C#N)C[C@H]2N(C)C1. The number of piperazine rings is 1. The number of fused-ring (bicyclic) bond motifs is 2. The van der Waals surface area contributed by atoms with Crippen molar-refractivity contribution in [1.82, 2.24) is 24.9 Å². The molecule has 1 aromatic rings. The van der Waals surface area contributed by atoms with Gasteiger partial charge in [0.1, 0.15) is 11.1 Å². The molecule has 1 aromatic heterocycles. The Morgan fingerprint density at radius 3 is 2.59 bits per heavy atom. The molecule has 4 amide bonds.